The highest BCUT2D eigenvalue weighted by Crippen LogP contribution is 2.29. The van der Waals surface area contributed by atoms with Crippen LogP contribution in [0.3, 0.4) is 0 Å². The van der Waals surface area contributed by atoms with E-state index < -0.39 is 17.2 Å². The van der Waals surface area contributed by atoms with Crippen molar-refractivity contribution in [2.24, 2.45) is 0 Å². The number of fused-ring (bicyclic) bond motifs is 2. The quantitative estimate of drug-likeness (QED) is 0.466. The number of benzene rings is 2. The minimum atomic E-state index is -0.592. The number of hydrogen-bond donors (Lipinski definition) is 2. The number of H-pyrrole nitrogens is 1. The van der Waals surface area contributed by atoms with Crippen molar-refractivity contribution in [2.75, 3.05) is 16.8 Å². The summed E-state index contributed by atoms with van der Waals surface area (Å²) in [6, 6.07) is 15.9. The molecule has 0 spiro atoms. The molecule has 4 aromatic rings. The second kappa shape index (κ2) is 9.02. The Hall–Kier alpha value is -4.53. The highest BCUT2D eigenvalue weighted by Gasteiger charge is 2.25. The molecule has 0 saturated carbocycles. The smallest absolute Gasteiger partial charge is 0.322 e. The lowest BCUT2D eigenvalue weighted by molar-refractivity contribution is 0.0988. The van der Waals surface area contributed by atoms with E-state index in [1.54, 1.807) is 29.2 Å². The van der Waals surface area contributed by atoms with Gasteiger partial charge in [-0.25, -0.2) is 9.78 Å². The molecule has 2 aromatic heterocycles. The monoisotopic (exact) mass is 469 g/mol. The van der Waals surface area contributed by atoms with E-state index in [0.717, 1.165) is 17.7 Å². The predicted octanol–water partition coefficient (Wildman–Crippen LogP) is 2.95. The van der Waals surface area contributed by atoms with Crippen molar-refractivity contribution in [3.05, 3.63) is 98.3 Å². The van der Waals surface area contributed by atoms with E-state index >= 15 is 0 Å². The predicted molar refractivity (Wildman–Crippen MR) is 133 cm³/mol. The molecule has 0 fully saturated rings. The van der Waals surface area contributed by atoms with E-state index in [1.165, 1.54) is 16.8 Å². The van der Waals surface area contributed by atoms with E-state index in [1.807, 2.05) is 31.2 Å². The molecule has 0 saturated heterocycles. The zero-order chi connectivity index (χ0) is 24.5. The number of rotatable bonds is 5. The SMILES string of the molecule is CCCn1c(=O)[nH]c(=O)c2cc(C(=O)Nc3ccc(C(=O)N4CCc5ccccc54)cc3)cnc21. The van der Waals surface area contributed by atoms with Crippen LogP contribution in [0.15, 0.2) is 70.4 Å². The maximum Gasteiger partial charge on any atom is 0.329 e. The fourth-order valence-electron chi connectivity index (χ4n) is 4.33. The Kier molecular flexibility index (Phi) is 5.74. The van der Waals surface area contributed by atoms with Gasteiger partial charge in [-0.2, -0.15) is 0 Å². The second-order valence-corrected chi connectivity index (χ2v) is 8.37. The Morgan fingerprint density at radius 1 is 1.06 bits per heavy atom. The van der Waals surface area contributed by atoms with Crippen LogP contribution in [0.5, 0.6) is 0 Å². The summed E-state index contributed by atoms with van der Waals surface area (Å²) >= 11 is 0. The lowest BCUT2D eigenvalue weighted by Gasteiger charge is -2.17. The largest absolute Gasteiger partial charge is 0.329 e. The molecule has 1 aliphatic rings. The van der Waals surface area contributed by atoms with Crippen molar-refractivity contribution in [3.8, 4) is 0 Å². The van der Waals surface area contributed by atoms with Crippen molar-refractivity contribution >= 4 is 34.2 Å². The van der Waals surface area contributed by atoms with Gasteiger partial charge in [-0.1, -0.05) is 25.1 Å². The average molecular weight is 470 g/mol. The van der Waals surface area contributed by atoms with Gasteiger partial charge in [0, 0.05) is 36.2 Å². The number of nitrogens with one attached hydrogen (secondary N) is 2. The minimum Gasteiger partial charge on any atom is -0.322 e. The Balaban J connectivity index is 1.35. The topological polar surface area (TPSA) is 117 Å². The summed E-state index contributed by atoms with van der Waals surface area (Å²) in [4.78, 5) is 58.4. The molecular weight excluding hydrogens is 446 g/mol. The first-order valence-corrected chi connectivity index (χ1v) is 11.4. The molecule has 5 rings (SSSR count). The number of anilines is 2. The van der Waals surface area contributed by atoms with Gasteiger partial charge in [0.1, 0.15) is 5.65 Å². The molecule has 35 heavy (non-hydrogen) atoms. The maximum absolute atomic E-state index is 13.0. The Morgan fingerprint density at radius 2 is 1.83 bits per heavy atom. The third kappa shape index (κ3) is 4.12. The van der Waals surface area contributed by atoms with E-state index in [4.69, 9.17) is 0 Å². The van der Waals surface area contributed by atoms with Gasteiger partial charge in [0.15, 0.2) is 0 Å². The van der Waals surface area contributed by atoms with Crippen LogP contribution < -0.4 is 21.5 Å². The molecule has 0 atom stereocenters. The number of amides is 2. The molecule has 2 N–H and O–H groups in total. The molecular formula is C26H23N5O4. The van der Waals surface area contributed by atoms with E-state index in [9.17, 15) is 19.2 Å². The molecule has 0 radical (unpaired) electrons. The average Bonchev–Trinajstić information content (AvgIpc) is 3.30. The third-order valence-corrected chi connectivity index (χ3v) is 6.06. The van der Waals surface area contributed by atoms with E-state index in [0.29, 0.717) is 30.8 Å². The second-order valence-electron chi connectivity index (χ2n) is 8.37. The van der Waals surface area contributed by atoms with Crippen molar-refractivity contribution in [1.82, 2.24) is 14.5 Å². The van der Waals surface area contributed by atoms with E-state index in [-0.39, 0.29) is 22.5 Å². The maximum atomic E-state index is 13.0. The lowest BCUT2D eigenvalue weighted by atomic mass is 10.1. The van der Waals surface area contributed by atoms with Gasteiger partial charge in [-0.3, -0.25) is 23.9 Å². The number of aryl methyl sites for hydroxylation is 1. The number of nitrogens with zero attached hydrogens (tertiary/aromatic N) is 3. The van der Waals surface area contributed by atoms with Gasteiger partial charge in [-0.15, -0.1) is 0 Å². The van der Waals surface area contributed by atoms with Gasteiger partial charge >= 0.3 is 5.69 Å². The summed E-state index contributed by atoms with van der Waals surface area (Å²) < 4.78 is 1.38. The molecule has 0 aliphatic carbocycles. The van der Waals surface area contributed by atoms with Gasteiger partial charge in [-0.05, 0) is 54.8 Å². The van der Waals surface area contributed by atoms with Gasteiger partial charge in [0.2, 0.25) is 0 Å². The van der Waals surface area contributed by atoms with Crippen LogP contribution in [-0.4, -0.2) is 32.9 Å². The van der Waals surface area contributed by atoms with Gasteiger partial charge in [0.05, 0.1) is 10.9 Å². The summed E-state index contributed by atoms with van der Waals surface area (Å²) in [5.41, 5.74) is 2.40. The van der Waals surface area contributed by atoms with Crippen LogP contribution in [0.4, 0.5) is 11.4 Å². The van der Waals surface area contributed by atoms with Crippen molar-refractivity contribution in [2.45, 2.75) is 26.3 Å². The number of para-hydroxylation sites is 1. The van der Waals surface area contributed by atoms with Crippen molar-refractivity contribution < 1.29 is 9.59 Å². The fourth-order valence-corrected chi connectivity index (χ4v) is 4.33. The van der Waals surface area contributed by atoms with Crippen LogP contribution in [0, 0.1) is 0 Å². The van der Waals surface area contributed by atoms with Crippen LogP contribution in [0.25, 0.3) is 11.0 Å². The van der Waals surface area contributed by atoms with Gasteiger partial charge < -0.3 is 10.2 Å². The number of carbonyl (C=O) groups excluding carboxylic acids is 2. The summed E-state index contributed by atoms with van der Waals surface area (Å²) in [5, 5.41) is 2.92. The Labute approximate surface area is 200 Å². The molecule has 176 valence electrons. The highest BCUT2D eigenvalue weighted by molar-refractivity contribution is 6.08. The van der Waals surface area contributed by atoms with Gasteiger partial charge in [0.25, 0.3) is 17.4 Å². The van der Waals surface area contributed by atoms with Crippen LogP contribution in [0.2, 0.25) is 0 Å². The van der Waals surface area contributed by atoms with Crippen molar-refractivity contribution in [3.63, 3.8) is 0 Å². The molecule has 9 heteroatoms. The fraction of sp³-hybridized carbons (Fsp3) is 0.192. The Bertz CT molecular complexity index is 1570. The number of aromatic nitrogens is 3. The molecule has 3 heterocycles. The minimum absolute atomic E-state index is 0.0936. The molecule has 2 amide bonds. The molecule has 0 bridgehead atoms. The highest BCUT2D eigenvalue weighted by atomic mass is 16.2. The zero-order valence-electron chi connectivity index (χ0n) is 19.1. The summed E-state index contributed by atoms with van der Waals surface area (Å²) in [6.45, 7) is 2.95. The molecule has 9 nitrogen and oxygen atoms in total. The number of carbonyl (C=O) groups is 2. The summed E-state index contributed by atoms with van der Waals surface area (Å²) in [7, 11) is 0. The van der Waals surface area contributed by atoms with Crippen LogP contribution >= 0.6 is 0 Å². The third-order valence-electron chi connectivity index (χ3n) is 6.06. The zero-order valence-corrected chi connectivity index (χ0v) is 19.1. The molecule has 0 unspecified atom stereocenters. The van der Waals surface area contributed by atoms with Crippen LogP contribution in [-0.2, 0) is 13.0 Å². The lowest BCUT2D eigenvalue weighted by Crippen LogP contribution is -2.31. The number of hydrogen-bond acceptors (Lipinski definition) is 5. The first kappa shape index (κ1) is 22.3. The van der Waals surface area contributed by atoms with Crippen molar-refractivity contribution in [1.29, 1.82) is 0 Å². The molecule has 1 aliphatic heterocycles. The van der Waals surface area contributed by atoms with E-state index in [2.05, 4.69) is 15.3 Å². The Morgan fingerprint density at radius 3 is 2.60 bits per heavy atom. The standard InChI is InChI=1S/C26H23N5O4/c1-2-12-31-22-20(24(33)29-26(31)35)14-18(15-27-22)23(32)28-19-9-7-17(8-10-19)25(34)30-13-11-16-5-3-4-6-21(16)30/h3-10,14-15H,2,11-13H2,1H3,(H,28,32)(H,29,33,35). The number of pyridine rings is 1. The summed E-state index contributed by atoms with van der Waals surface area (Å²) in [6.07, 6.45) is 2.85. The first-order chi connectivity index (χ1) is 17.0. The number of aromatic amines is 1. The van der Waals surface area contributed by atoms with Crippen LogP contribution in [0.1, 0.15) is 39.6 Å². The molecule has 2 aromatic carbocycles. The normalized spacial score (nSPS) is 12.5. The first-order valence-electron chi connectivity index (χ1n) is 11.4. The summed E-state index contributed by atoms with van der Waals surface area (Å²) in [5.74, 6) is -0.552.